The summed E-state index contributed by atoms with van der Waals surface area (Å²) in [7, 11) is 1.35. The summed E-state index contributed by atoms with van der Waals surface area (Å²) in [6, 6.07) is 7.60. The van der Waals surface area contributed by atoms with Crippen LogP contribution in [0.1, 0.15) is 32.8 Å². The number of para-hydroxylation sites is 1. The summed E-state index contributed by atoms with van der Waals surface area (Å²) in [6.45, 7) is 7.17. The second-order valence-corrected chi connectivity index (χ2v) is 5.52. The number of nitrogens with zero attached hydrogens (tertiary/aromatic N) is 1. The fourth-order valence-corrected chi connectivity index (χ4v) is 2.21. The maximum atomic E-state index is 12.4. The molecule has 0 bridgehead atoms. The first-order valence-electron chi connectivity index (χ1n) is 8.30. The van der Waals surface area contributed by atoms with Crippen LogP contribution in [-0.4, -0.2) is 43.6 Å². The lowest BCUT2D eigenvalue weighted by Gasteiger charge is -2.22. The van der Waals surface area contributed by atoms with E-state index in [9.17, 15) is 9.59 Å². The van der Waals surface area contributed by atoms with Crippen molar-refractivity contribution in [1.29, 1.82) is 0 Å². The van der Waals surface area contributed by atoms with Crippen LogP contribution in [-0.2, 0) is 14.3 Å². The van der Waals surface area contributed by atoms with Crippen LogP contribution in [0.4, 0.5) is 0 Å². The van der Waals surface area contributed by atoms with Gasteiger partial charge in [0.25, 0.3) is 0 Å². The summed E-state index contributed by atoms with van der Waals surface area (Å²) >= 11 is 0. The Morgan fingerprint density at radius 1 is 1.25 bits per heavy atom. The highest BCUT2D eigenvalue weighted by atomic mass is 16.5. The number of rotatable bonds is 9. The molecule has 24 heavy (non-hydrogen) atoms. The number of carbonyl (C=O) groups is 2. The van der Waals surface area contributed by atoms with E-state index < -0.39 is 0 Å². The average molecular weight is 333 g/mol. The Morgan fingerprint density at radius 3 is 2.58 bits per heavy atom. The minimum atomic E-state index is -0.354. The Bertz CT molecular complexity index is 568. The lowest BCUT2D eigenvalue weighted by molar-refractivity contribution is -0.146. The highest BCUT2D eigenvalue weighted by Crippen LogP contribution is 2.19. The highest BCUT2D eigenvalue weighted by Gasteiger charge is 2.19. The normalized spacial score (nSPS) is 12.0. The third kappa shape index (κ3) is 6.07. The van der Waals surface area contributed by atoms with Gasteiger partial charge in [0.05, 0.1) is 19.6 Å². The van der Waals surface area contributed by atoms with E-state index in [0.29, 0.717) is 19.7 Å². The number of amides is 1. The molecule has 0 saturated carbocycles. The minimum Gasteiger partial charge on any atom is -0.493 e. The Kier molecular flexibility index (Phi) is 8.61. The van der Waals surface area contributed by atoms with Crippen LogP contribution < -0.4 is 4.74 Å². The van der Waals surface area contributed by atoms with Gasteiger partial charge in [0.15, 0.2) is 0 Å². The van der Waals surface area contributed by atoms with E-state index in [4.69, 9.17) is 9.47 Å². The number of methoxy groups -OCH3 is 1. The number of carbonyl (C=O) groups excluding carboxylic acids is 2. The molecule has 0 radical (unpaired) electrons. The van der Waals surface area contributed by atoms with Crippen LogP contribution >= 0.6 is 0 Å². The predicted octanol–water partition coefficient (Wildman–Crippen LogP) is 3.15. The molecule has 0 N–H and O–H groups in total. The summed E-state index contributed by atoms with van der Waals surface area (Å²) in [6.07, 6.45) is 4.19. The number of likely N-dealkylation sites (N-methyl/N-ethyl adjacent to an activating group) is 1. The number of ether oxygens (including phenoxy) is 2. The van der Waals surface area contributed by atoms with E-state index in [0.717, 1.165) is 17.7 Å². The maximum absolute atomic E-state index is 12.4. The number of hydrogen-bond donors (Lipinski definition) is 0. The van der Waals surface area contributed by atoms with Crippen molar-refractivity contribution < 1.29 is 19.1 Å². The molecule has 1 amide bonds. The van der Waals surface area contributed by atoms with Crippen LogP contribution in [0, 0.1) is 5.92 Å². The van der Waals surface area contributed by atoms with Crippen LogP contribution in [0.3, 0.4) is 0 Å². The first-order chi connectivity index (χ1) is 11.5. The minimum absolute atomic E-state index is 0.140. The Labute approximate surface area is 144 Å². The van der Waals surface area contributed by atoms with Gasteiger partial charge in [-0.15, -0.1) is 0 Å². The van der Waals surface area contributed by atoms with E-state index >= 15 is 0 Å². The summed E-state index contributed by atoms with van der Waals surface area (Å²) < 4.78 is 10.4. The van der Waals surface area contributed by atoms with Gasteiger partial charge in [-0.25, -0.2) is 0 Å². The van der Waals surface area contributed by atoms with E-state index in [1.165, 1.54) is 13.2 Å². The van der Waals surface area contributed by atoms with Gasteiger partial charge in [-0.05, 0) is 25.5 Å². The second kappa shape index (κ2) is 10.5. The summed E-state index contributed by atoms with van der Waals surface area (Å²) in [5.41, 5.74) is 0.858. The van der Waals surface area contributed by atoms with Gasteiger partial charge in [0.2, 0.25) is 5.91 Å². The zero-order valence-electron chi connectivity index (χ0n) is 15.0. The number of hydrogen-bond acceptors (Lipinski definition) is 4. The van der Waals surface area contributed by atoms with Gasteiger partial charge in [-0.3, -0.25) is 9.59 Å². The molecule has 0 aliphatic heterocycles. The molecule has 0 aliphatic rings. The fourth-order valence-electron chi connectivity index (χ4n) is 2.21. The smallest absolute Gasteiger partial charge is 0.310 e. The van der Waals surface area contributed by atoms with Crippen LogP contribution in [0.25, 0.3) is 6.08 Å². The molecule has 1 aromatic rings. The van der Waals surface area contributed by atoms with Gasteiger partial charge in [0, 0.05) is 24.7 Å². The van der Waals surface area contributed by atoms with Crippen molar-refractivity contribution >= 4 is 18.0 Å². The first kappa shape index (κ1) is 19.7. The SMILES string of the molecule is CCCOc1ccccc1/C=C/C(=O)N(CC)CC(C)C(=O)OC. The summed E-state index contributed by atoms with van der Waals surface area (Å²) in [5.74, 6) is -0.0519. The van der Waals surface area contributed by atoms with E-state index in [1.807, 2.05) is 38.1 Å². The number of esters is 1. The average Bonchev–Trinajstić information content (AvgIpc) is 2.61. The molecule has 0 heterocycles. The maximum Gasteiger partial charge on any atom is 0.310 e. The summed E-state index contributed by atoms with van der Waals surface area (Å²) in [4.78, 5) is 25.5. The molecular weight excluding hydrogens is 306 g/mol. The number of benzene rings is 1. The molecule has 5 heteroatoms. The first-order valence-corrected chi connectivity index (χ1v) is 8.30. The zero-order chi connectivity index (χ0) is 17.9. The van der Waals surface area contributed by atoms with Gasteiger partial charge < -0.3 is 14.4 Å². The van der Waals surface area contributed by atoms with Crippen LogP contribution in [0.15, 0.2) is 30.3 Å². The van der Waals surface area contributed by atoms with E-state index in [-0.39, 0.29) is 17.8 Å². The molecule has 0 aliphatic carbocycles. The van der Waals surface area contributed by atoms with Crippen molar-refractivity contribution in [3.63, 3.8) is 0 Å². The van der Waals surface area contributed by atoms with Crippen LogP contribution in [0.2, 0.25) is 0 Å². The summed E-state index contributed by atoms with van der Waals surface area (Å²) in [5, 5.41) is 0. The van der Waals surface area contributed by atoms with Gasteiger partial charge in [0.1, 0.15) is 5.75 Å². The fraction of sp³-hybridized carbons (Fsp3) is 0.474. The molecule has 0 saturated heterocycles. The molecule has 0 fully saturated rings. The monoisotopic (exact) mass is 333 g/mol. The molecule has 1 atom stereocenters. The van der Waals surface area contributed by atoms with Crippen molar-refractivity contribution in [2.24, 2.45) is 5.92 Å². The topological polar surface area (TPSA) is 55.8 Å². The van der Waals surface area contributed by atoms with Crippen molar-refractivity contribution in [3.05, 3.63) is 35.9 Å². The van der Waals surface area contributed by atoms with Gasteiger partial charge in [-0.1, -0.05) is 32.0 Å². The molecule has 1 unspecified atom stereocenters. The molecule has 132 valence electrons. The predicted molar refractivity (Wildman–Crippen MR) is 94.7 cm³/mol. The van der Waals surface area contributed by atoms with Crippen molar-refractivity contribution in [3.8, 4) is 5.75 Å². The molecule has 1 aromatic carbocycles. The standard InChI is InChI=1S/C19H27NO4/c1-5-13-24-17-10-8-7-9-16(17)11-12-18(21)20(6-2)14-15(3)19(22)23-4/h7-12,15H,5-6,13-14H2,1-4H3/b12-11+. The third-order valence-electron chi connectivity index (χ3n) is 3.58. The van der Waals surface area contributed by atoms with E-state index in [2.05, 4.69) is 0 Å². The lowest BCUT2D eigenvalue weighted by atomic mass is 10.1. The molecule has 0 spiro atoms. The van der Waals surface area contributed by atoms with Crippen molar-refractivity contribution in [1.82, 2.24) is 4.90 Å². The zero-order valence-corrected chi connectivity index (χ0v) is 15.0. The molecule has 0 aromatic heterocycles. The second-order valence-electron chi connectivity index (χ2n) is 5.52. The Balaban J connectivity index is 2.77. The lowest BCUT2D eigenvalue weighted by Crippen LogP contribution is -2.36. The quantitative estimate of drug-likeness (QED) is 0.514. The third-order valence-corrected chi connectivity index (χ3v) is 3.58. The van der Waals surface area contributed by atoms with Gasteiger partial charge >= 0.3 is 5.97 Å². The molecule has 5 nitrogen and oxygen atoms in total. The van der Waals surface area contributed by atoms with Crippen molar-refractivity contribution in [2.75, 3.05) is 26.8 Å². The Morgan fingerprint density at radius 2 is 1.96 bits per heavy atom. The van der Waals surface area contributed by atoms with Crippen molar-refractivity contribution in [2.45, 2.75) is 27.2 Å². The molecular formula is C19H27NO4. The van der Waals surface area contributed by atoms with Crippen LogP contribution in [0.5, 0.6) is 5.75 Å². The Hall–Kier alpha value is -2.30. The highest BCUT2D eigenvalue weighted by molar-refractivity contribution is 5.92. The van der Waals surface area contributed by atoms with E-state index in [1.54, 1.807) is 17.9 Å². The molecule has 1 rings (SSSR count). The van der Waals surface area contributed by atoms with Gasteiger partial charge in [-0.2, -0.15) is 0 Å². The largest absolute Gasteiger partial charge is 0.493 e.